The third kappa shape index (κ3) is 4.37. The molecule has 3 aliphatic heterocycles. The number of carbonyl (C=O) groups is 1. The molecule has 0 N–H and O–H groups in total. The maximum atomic E-state index is 13.3. The lowest BCUT2D eigenvalue weighted by Crippen LogP contribution is -2.44. The molecule has 2 fully saturated rings. The molecule has 1 aromatic heterocycles. The van der Waals surface area contributed by atoms with Crippen LogP contribution in [0.5, 0.6) is 0 Å². The van der Waals surface area contributed by atoms with Crippen LogP contribution in [0, 0.1) is 5.92 Å². The second kappa shape index (κ2) is 9.05. The van der Waals surface area contributed by atoms with Crippen molar-refractivity contribution in [1.82, 2.24) is 9.80 Å². The van der Waals surface area contributed by atoms with Gasteiger partial charge in [0.1, 0.15) is 5.76 Å². The molecule has 5 rings (SSSR count). The van der Waals surface area contributed by atoms with Crippen molar-refractivity contribution in [1.29, 1.82) is 0 Å². The van der Waals surface area contributed by atoms with Crippen molar-refractivity contribution in [3.63, 3.8) is 0 Å². The molecule has 0 spiro atoms. The van der Waals surface area contributed by atoms with Crippen LogP contribution >= 0.6 is 0 Å². The SMILES string of the molecule is CC1Cc2ccccc2N1Cc1occc1C(=O)N1CCC(CN2CCOCC2)CC1. The van der Waals surface area contributed by atoms with Gasteiger partial charge in [0.15, 0.2) is 0 Å². The molecular weight excluding hydrogens is 390 g/mol. The molecule has 1 aromatic carbocycles. The fourth-order valence-electron chi connectivity index (χ4n) is 5.32. The van der Waals surface area contributed by atoms with E-state index in [9.17, 15) is 4.79 Å². The van der Waals surface area contributed by atoms with E-state index >= 15 is 0 Å². The molecule has 6 heteroatoms. The quantitative estimate of drug-likeness (QED) is 0.738. The fourth-order valence-corrected chi connectivity index (χ4v) is 5.32. The Hall–Kier alpha value is -2.31. The van der Waals surface area contributed by atoms with Crippen molar-refractivity contribution in [3.8, 4) is 0 Å². The monoisotopic (exact) mass is 423 g/mol. The minimum absolute atomic E-state index is 0.119. The van der Waals surface area contributed by atoms with E-state index in [4.69, 9.17) is 9.15 Å². The van der Waals surface area contributed by atoms with Crippen molar-refractivity contribution in [3.05, 3.63) is 53.5 Å². The number of fused-ring (bicyclic) bond motifs is 1. The standard InChI is InChI=1S/C25H33N3O3/c1-19-16-21-4-2-3-5-23(21)28(19)18-24-22(8-13-31-24)25(29)27-9-6-20(7-10-27)17-26-11-14-30-15-12-26/h2-5,8,13,19-20H,6-7,9-12,14-18H2,1H3. The predicted molar refractivity (Wildman–Crippen MR) is 120 cm³/mol. The number of amides is 1. The van der Waals surface area contributed by atoms with Crippen LogP contribution in [0.2, 0.25) is 0 Å². The van der Waals surface area contributed by atoms with Crippen LogP contribution in [-0.2, 0) is 17.7 Å². The highest BCUT2D eigenvalue weighted by atomic mass is 16.5. The van der Waals surface area contributed by atoms with Crippen LogP contribution in [-0.4, -0.2) is 67.7 Å². The summed E-state index contributed by atoms with van der Waals surface area (Å²) >= 11 is 0. The van der Waals surface area contributed by atoms with E-state index in [0.29, 0.717) is 18.5 Å². The number of ether oxygens (including phenoxy) is 1. The summed E-state index contributed by atoms with van der Waals surface area (Å²) in [5.74, 6) is 1.57. The van der Waals surface area contributed by atoms with Gasteiger partial charge in [0.25, 0.3) is 5.91 Å². The lowest BCUT2D eigenvalue weighted by Gasteiger charge is -2.36. The summed E-state index contributed by atoms with van der Waals surface area (Å²) in [4.78, 5) is 20.2. The highest BCUT2D eigenvalue weighted by Gasteiger charge is 2.30. The molecule has 0 bridgehead atoms. The Balaban J connectivity index is 1.20. The van der Waals surface area contributed by atoms with E-state index in [-0.39, 0.29) is 5.91 Å². The number of morpholine rings is 1. The topological polar surface area (TPSA) is 49.2 Å². The summed E-state index contributed by atoms with van der Waals surface area (Å²) in [5, 5.41) is 0. The van der Waals surface area contributed by atoms with Crippen LogP contribution in [0.25, 0.3) is 0 Å². The number of piperidine rings is 1. The number of anilines is 1. The normalized spacial score (nSPS) is 22.7. The van der Waals surface area contributed by atoms with Crippen molar-refractivity contribution >= 4 is 11.6 Å². The first-order valence-corrected chi connectivity index (χ1v) is 11.7. The Morgan fingerprint density at radius 1 is 1.06 bits per heavy atom. The van der Waals surface area contributed by atoms with Gasteiger partial charge in [0.05, 0.1) is 31.6 Å². The molecule has 1 atom stereocenters. The van der Waals surface area contributed by atoms with E-state index in [1.165, 1.54) is 11.3 Å². The van der Waals surface area contributed by atoms with Gasteiger partial charge >= 0.3 is 0 Å². The summed E-state index contributed by atoms with van der Waals surface area (Å²) in [5.41, 5.74) is 3.36. The lowest BCUT2D eigenvalue weighted by atomic mass is 9.95. The molecule has 0 radical (unpaired) electrons. The smallest absolute Gasteiger partial charge is 0.257 e. The maximum absolute atomic E-state index is 13.3. The molecule has 31 heavy (non-hydrogen) atoms. The third-order valence-electron chi connectivity index (χ3n) is 7.16. The number of benzene rings is 1. The van der Waals surface area contributed by atoms with Gasteiger partial charge in [-0.15, -0.1) is 0 Å². The molecule has 4 heterocycles. The summed E-state index contributed by atoms with van der Waals surface area (Å²) in [6.07, 6.45) is 4.86. The maximum Gasteiger partial charge on any atom is 0.257 e. The Labute approximate surface area is 184 Å². The summed E-state index contributed by atoms with van der Waals surface area (Å²) in [6.45, 7) is 9.45. The van der Waals surface area contributed by atoms with Crippen molar-refractivity contribution in [2.24, 2.45) is 5.92 Å². The number of hydrogen-bond donors (Lipinski definition) is 0. The first-order chi connectivity index (χ1) is 15.2. The van der Waals surface area contributed by atoms with Gasteiger partial charge in [-0.25, -0.2) is 0 Å². The van der Waals surface area contributed by atoms with Gasteiger partial charge < -0.3 is 19.0 Å². The zero-order chi connectivity index (χ0) is 21.2. The molecule has 1 amide bonds. The van der Waals surface area contributed by atoms with E-state index < -0.39 is 0 Å². The lowest BCUT2D eigenvalue weighted by molar-refractivity contribution is 0.0242. The number of para-hydroxylation sites is 1. The van der Waals surface area contributed by atoms with Gasteiger partial charge in [-0.05, 0) is 49.8 Å². The highest BCUT2D eigenvalue weighted by Crippen LogP contribution is 2.34. The highest BCUT2D eigenvalue weighted by molar-refractivity contribution is 5.95. The van der Waals surface area contributed by atoms with E-state index in [1.807, 2.05) is 11.0 Å². The molecular formula is C25H33N3O3. The number of furan rings is 1. The van der Waals surface area contributed by atoms with E-state index in [2.05, 4.69) is 41.0 Å². The van der Waals surface area contributed by atoms with Crippen molar-refractivity contribution < 1.29 is 13.9 Å². The zero-order valence-corrected chi connectivity index (χ0v) is 18.5. The molecule has 6 nitrogen and oxygen atoms in total. The van der Waals surface area contributed by atoms with Crippen molar-refractivity contribution in [2.75, 3.05) is 50.8 Å². The predicted octanol–water partition coefficient (Wildman–Crippen LogP) is 3.42. The number of rotatable bonds is 5. The number of carbonyl (C=O) groups excluding carboxylic acids is 1. The minimum Gasteiger partial charge on any atom is -0.467 e. The molecule has 166 valence electrons. The molecule has 0 saturated carbocycles. The second-order valence-electron chi connectivity index (χ2n) is 9.22. The summed E-state index contributed by atoms with van der Waals surface area (Å²) in [6, 6.07) is 10.8. The summed E-state index contributed by atoms with van der Waals surface area (Å²) < 4.78 is 11.3. The average Bonchev–Trinajstić information content (AvgIpc) is 3.39. The third-order valence-corrected chi connectivity index (χ3v) is 7.16. The fraction of sp³-hybridized carbons (Fsp3) is 0.560. The van der Waals surface area contributed by atoms with Crippen LogP contribution < -0.4 is 4.90 Å². The summed E-state index contributed by atoms with van der Waals surface area (Å²) in [7, 11) is 0. The van der Waals surface area contributed by atoms with Crippen LogP contribution in [0.1, 0.15) is 41.4 Å². The van der Waals surface area contributed by atoms with Gasteiger partial charge in [-0.1, -0.05) is 18.2 Å². The van der Waals surface area contributed by atoms with E-state index in [0.717, 1.165) is 76.5 Å². The first-order valence-electron chi connectivity index (χ1n) is 11.7. The second-order valence-corrected chi connectivity index (χ2v) is 9.22. The zero-order valence-electron chi connectivity index (χ0n) is 18.5. The largest absolute Gasteiger partial charge is 0.467 e. The van der Waals surface area contributed by atoms with Crippen LogP contribution in [0.4, 0.5) is 5.69 Å². The molecule has 2 aromatic rings. The molecule has 0 aliphatic carbocycles. The molecule has 1 unspecified atom stereocenters. The Morgan fingerprint density at radius 2 is 1.84 bits per heavy atom. The average molecular weight is 424 g/mol. The Kier molecular flexibility index (Phi) is 6.01. The number of nitrogens with zero attached hydrogens (tertiary/aromatic N) is 3. The Bertz CT molecular complexity index is 897. The van der Waals surface area contributed by atoms with E-state index in [1.54, 1.807) is 6.26 Å². The van der Waals surface area contributed by atoms with Gasteiger partial charge in [-0.3, -0.25) is 9.69 Å². The van der Waals surface area contributed by atoms with Gasteiger partial charge in [0, 0.05) is 44.5 Å². The minimum atomic E-state index is 0.119. The number of likely N-dealkylation sites (tertiary alicyclic amines) is 1. The van der Waals surface area contributed by atoms with Gasteiger partial charge in [-0.2, -0.15) is 0 Å². The molecule has 2 saturated heterocycles. The van der Waals surface area contributed by atoms with Crippen LogP contribution in [0.15, 0.2) is 41.0 Å². The van der Waals surface area contributed by atoms with Gasteiger partial charge in [0.2, 0.25) is 0 Å². The first kappa shape index (κ1) is 20.6. The van der Waals surface area contributed by atoms with Crippen LogP contribution in [0.3, 0.4) is 0 Å². The van der Waals surface area contributed by atoms with Crippen molar-refractivity contribution in [2.45, 2.75) is 38.8 Å². The Morgan fingerprint density at radius 3 is 2.65 bits per heavy atom. The molecule has 3 aliphatic rings. The number of hydrogen-bond acceptors (Lipinski definition) is 5.